The van der Waals surface area contributed by atoms with Crippen LogP contribution < -0.4 is 15.4 Å². The summed E-state index contributed by atoms with van der Waals surface area (Å²) in [4.78, 5) is 14.5. The van der Waals surface area contributed by atoms with E-state index in [1.165, 1.54) is 5.56 Å². The van der Waals surface area contributed by atoms with Crippen molar-refractivity contribution in [2.75, 3.05) is 31.3 Å². The molecule has 19 heavy (non-hydrogen) atoms. The number of rotatable bonds is 2. The topological polar surface area (TPSA) is 77.2 Å². The molecule has 2 aromatic rings. The molecule has 0 saturated heterocycles. The Morgan fingerprint density at radius 3 is 2.84 bits per heavy atom. The molecule has 6 heteroatoms. The van der Waals surface area contributed by atoms with Gasteiger partial charge in [-0.25, -0.2) is 0 Å². The second kappa shape index (κ2) is 4.38. The van der Waals surface area contributed by atoms with E-state index < -0.39 is 0 Å². The van der Waals surface area contributed by atoms with Gasteiger partial charge in [0.2, 0.25) is 11.9 Å². The van der Waals surface area contributed by atoms with E-state index in [4.69, 9.17) is 10.5 Å². The van der Waals surface area contributed by atoms with Gasteiger partial charge in [-0.2, -0.15) is 15.0 Å². The first-order valence-corrected chi connectivity index (χ1v) is 6.09. The maximum absolute atomic E-state index is 5.75. The fraction of sp³-hybridized carbons (Fsp3) is 0.308. The van der Waals surface area contributed by atoms with E-state index in [1.807, 2.05) is 26.2 Å². The molecule has 2 heterocycles. The Balaban J connectivity index is 2.15. The number of anilines is 2. The van der Waals surface area contributed by atoms with Gasteiger partial charge < -0.3 is 15.4 Å². The van der Waals surface area contributed by atoms with Gasteiger partial charge in [0.25, 0.3) is 0 Å². The Kier molecular flexibility index (Phi) is 2.70. The molecule has 0 aliphatic carbocycles. The largest absolute Gasteiger partial charge is 0.492 e. The molecule has 3 rings (SSSR count). The first kappa shape index (κ1) is 11.7. The Morgan fingerprint density at radius 1 is 1.21 bits per heavy atom. The minimum absolute atomic E-state index is 0.212. The predicted molar refractivity (Wildman–Crippen MR) is 73.2 cm³/mol. The van der Waals surface area contributed by atoms with Gasteiger partial charge in [0, 0.05) is 20.5 Å². The summed E-state index contributed by atoms with van der Waals surface area (Å²) in [5, 5.41) is 0. The smallest absolute Gasteiger partial charge is 0.230 e. The van der Waals surface area contributed by atoms with Crippen molar-refractivity contribution >= 4 is 11.9 Å². The number of para-hydroxylation sites is 1. The van der Waals surface area contributed by atoms with Crippen molar-refractivity contribution in [2.45, 2.75) is 6.42 Å². The van der Waals surface area contributed by atoms with Crippen LogP contribution in [0, 0.1) is 0 Å². The summed E-state index contributed by atoms with van der Waals surface area (Å²) in [5.41, 5.74) is 7.80. The van der Waals surface area contributed by atoms with Crippen molar-refractivity contribution in [1.82, 2.24) is 15.0 Å². The lowest BCUT2D eigenvalue weighted by atomic mass is 10.1. The zero-order chi connectivity index (χ0) is 13.4. The van der Waals surface area contributed by atoms with Gasteiger partial charge in [-0.1, -0.05) is 12.1 Å². The highest BCUT2D eigenvalue weighted by Gasteiger charge is 2.19. The molecule has 0 unspecified atom stereocenters. The summed E-state index contributed by atoms with van der Waals surface area (Å²) in [6.45, 7) is 0.702. The van der Waals surface area contributed by atoms with Crippen LogP contribution in [-0.4, -0.2) is 35.7 Å². The minimum atomic E-state index is 0.212. The number of hydrogen-bond donors (Lipinski definition) is 1. The Morgan fingerprint density at radius 2 is 2.05 bits per heavy atom. The Bertz CT molecular complexity index is 626. The Labute approximate surface area is 111 Å². The number of nitrogens with zero attached hydrogens (tertiary/aromatic N) is 4. The van der Waals surface area contributed by atoms with E-state index in [0.29, 0.717) is 18.4 Å². The first-order chi connectivity index (χ1) is 9.15. The molecule has 0 radical (unpaired) electrons. The van der Waals surface area contributed by atoms with E-state index in [1.54, 1.807) is 4.90 Å². The molecular weight excluding hydrogens is 242 g/mol. The van der Waals surface area contributed by atoms with Crippen LogP contribution in [0.1, 0.15) is 5.56 Å². The third kappa shape index (κ3) is 2.05. The first-order valence-electron chi connectivity index (χ1n) is 6.09. The van der Waals surface area contributed by atoms with Crippen molar-refractivity contribution in [3.8, 4) is 17.1 Å². The molecule has 1 aromatic carbocycles. The minimum Gasteiger partial charge on any atom is -0.492 e. The average Bonchev–Trinajstić information content (AvgIpc) is 2.85. The lowest BCUT2D eigenvalue weighted by Crippen LogP contribution is -2.15. The summed E-state index contributed by atoms with van der Waals surface area (Å²) < 4.78 is 5.67. The summed E-state index contributed by atoms with van der Waals surface area (Å²) in [7, 11) is 3.73. The molecular formula is C13H15N5O. The number of benzene rings is 1. The number of aromatic nitrogens is 3. The highest BCUT2D eigenvalue weighted by Crippen LogP contribution is 2.35. The summed E-state index contributed by atoms with van der Waals surface area (Å²) in [6.07, 6.45) is 0.921. The van der Waals surface area contributed by atoms with Gasteiger partial charge in [0.15, 0.2) is 5.82 Å². The number of nitrogens with two attached hydrogens (primary N) is 1. The zero-order valence-corrected chi connectivity index (χ0v) is 10.9. The lowest BCUT2D eigenvalue weighted by Gasteiger charge is -2.12. The average molecular weight is 257 g/mol. The summed E-state index contributed by atoms with van der Waals surface area (Å²) in [5.74, 6) is 2.16. The standard InChI is InChI=1S/C13H15N5O/c1-18(2)13-16-11(15-12(14)17-13)9-5-3-4-8-6-7-19-10(8)9/h3-5H,6-7H2,1-2H3,(H2,14,15,16,17). The molecule has 1 aliphatic rings. The van der Waals surface area contributed by atoms with Crippen LogP contribution in [-0.2, 0) is 6.42 Å². The number of fused-ring (bicyclic) bond motifs is 1. The van der Waals surface area contributed by atoms with E-state index in [-0.39, 0.29) is 5.95 Å². The highest BCUT2D eigenvalue weighted by atomic mass is 16.5. The van der Waals surface area contributed by atoms with Crippen molar-refractivity contribution in [3.05, 3.63) is 23.8 Å². The molecule has 0 amide bonds. The van der Waals surface area contributed by atoms with Gasteiger partial charge in [0.1, 0.15) is 5.75 Å². The fourth-order valence-corrected chi connectivity index (χ4v) is 2.09. The molecule has 1 aromatic heterocycles. The summed E-state index contributed by atoms with van der Waals surface area (Å²) in [6, 6.07) is 5.99. The van der Waals surface area contributed by atoms with Crippen molar-refractivity contribution in [2.24, 2.45) is 0 Å². The Hall–Kier alpha value is -2.37. The number of hydrogen-bond acceptors (Lipinski definition) is 6. The highest BCUT2D eigenvalue weighted by molar-refractivity contribution is 5.68. The van der Waals surface area contributed by atoms with Crippen LogP contribution >= 0.6 is 0 Å². The van der Waals surface area contributed by atoms with Crippen molar-refractivity contribution in [3.63, 3.8) is 0 Å². The van der Waals surface area contributed by atoms with Gasteiger partial charge in [-0.15, -0.1) is 0 Å². The van der Waals surface area contributed by atoms with Gasteiger partial charge in [0.05, 0.1) is 12.2 Å². The molecule has 0 spiro atoms. The normalized spacial score (nSPS) is 12.9. The van der Waals surface area contributed by atoms with Crippen LogP contribution in [0.25, 0.3) is 11.4 Å². The monoisotopic (exact) mass is 257 g/mol. The lowest BCUT2D eigenvalue weighted by molar-refractivity contribution is 0.358. The van der Waals surface area contributed by atoms with E-state index >= 15 is 0 Å². The maximum atomic E-state index is 5.75. The van der Waals surface area contributed by atoms with Crippen LogP contribution in [0.15, 0.2) is 18.2 Å². The van der Waals surface area contributed by atoms with E-state index in [0.717, 1.165) is 17.7 Å². The van der Waals surface area contributed by atoms with Crippen LogP contribution in [0.2, 0.25) is 0 Å². The molecule has 6 nitrogen and oxygen atoms in total. The third-order valence-corrected chi connectivity index (χ3v) is 3.00. The van der Waals surface area contributed by atoms with Gasteiger partial charge in [-0.3, -0.25) is 0 Å². The number of nitrogen functional groups attached to an aromatic ring is 1. The van der Waals surface area contributed by atoms with Crippen LogP contribution in [0.5, 0.6) is 5.75 Å². The van der Waals surface area contributed by atoms with Crippen molar-refractivity contribution < 1.29 is 4.74 Å². The zero-order valence-electron chi connectivity index (χ0n) is 10.9. The molecule has 2 N–H and O–H groups in total. The molecule has 0 saturated carbocycles. The van der Waals surface area contributed by atoms with Crippen LogP contribution in [0.4, 0.5) is 11.9 Å². The molecule has 0 atom stereocenters. The SMILES string of the molecule is CN(C)c1nc(N)nc(-c2cccc3c2OCC3)n1. The van der Waals surface area contributed by atoms with E-state index in [2.05, 4.69) is 21.0 Å². The van der Waals surface area contributed by atoms with Crippen molar-refractivity contribution in [1.29, 1.82) is 0 Å². The number of ether oxygens (including phenoxy) is 1. The van der Waals surface area contributed by atoms with E-state index in [9.17, 15) is 0 Å². The van der Waals surface area contributed by atoms with Crippen LogP contribution in [0.3, 0.4) is 0 Å². The quantitative estimate of drug-likeness (QED) is 0.868. The second-order valence-electron chi connectivity index (χ2n) is 4.60. The molecule has 1 aliphatic heterocycles. The molecule has 0 bridgehead atoms. The fourth-order valence-electron chi connectivity index (χ4n) is 2.09. The molecule has 0 fully saturated rings. The van der Waals surface area contributed by atoms with Gasteiger partial charge >= 0.3 is 0 Å². The summed E-state index contributed by atoms with van der Waals surface area (Å²) >= 11 is 0. The van der Waals surface area contributed by atoms with Gasteiger partial charge in [-0.05, 0) is 11.6 Å². The second-order valence-corrected chi connectivity index (χ2v) is 4.60. The maximum Gasteiger partial charge on any atom is 0.230 e. The predicted octanol–water partition coefficient (Wildman–Crippen LogP) is 1.12. The third-order valence-electron chi connectivity index (χ3n) is 3.00. The molecule has 98 valence electrons.